The van der Waals surface area contributed by atoms with Crippen molar-refractivity contribution in [3.05, 3.63) is 47.8 Å². The van der Waals surface area contributed by atoms with Crippen LogP contribution in [0.4, 0.5) is 4.39 Å². The topological polar surface area (TPSA) is 12.0 Å². The Hall–Kier alpha value is -0.860. The van der Waals surface area contributed by atoms with Crippen LogP contribution < -0.4 is 5.32 Å². The fourth-order valence-corrected chi connectivity index (χ4v) is 1.38. The molecule has 0 aromatic heterocycles. The minimum Gasteiger partial charge on any atom is -0.313 e. The molecule has 0 atom stereocenters. The van der Waals surface area contributed by atoms with Crippen LogP contribution in [0.1, 0.15) is 5.56 Å². The predicted molar refractivity (Wildman–Crippen MR) is 62.8 cm³/mol. The van der Waals surface area contributed by atoms with Gasteiger partial charge in [0.1, 0.15) is 5.82 Å². The van der Waals surface area contributed by atoms with Crippen LogP contribution in [-0.2, 0) is 6.42 Å². The van der Waals surface area contributed by atoms with E-state index in [2.05, 4.69) is 5.32 Å². The van der Waals surface area contributed by atoms with Crippen molar-refractivity contribution in [2.24, 2.45) is 0 Å². The van der Waals surface area contributed by atoms with Crippen molar-refractivity contribution in [2.75, 3.05) is 19.0 Å². The average Bonchev–Trinajstić information content (AvgIpc) is 2.23. The van der Waals surface area contributed by atoms with Gasteiger partial charge in [0, 0.05) is 12.4 Å². The fourth-order valence-electron chi connectivity index (χ4n) is 1.26. The molecule has 1 aromatic rings. The maximum Gasteiger partial charge on any atom is 0.123 e. The molecule has 0 aliphatic heterocycles. The maximum atomic E-state index is 12.8. The van der Waals surface area contributed by atoms with Crippen molar-refractivity contribution < 1.29 is 4.39 Å². The monoisotopic (exact) mass is 227 g/mol. The van der Waals surface area contributed by atoms with Gasteiger partial charge in [0.05, 0.1) is 0 Å². The number of allylic oxidation sites excluding steroid dienone is 1. The van der Waals surface area contributed by atoms with Crippen LogP contribution in [0.5, 0.6) is 0 Å². The highest BCUT2D eigenvalue weighted by Crippen LogP contribution is 2.03. The van der Waals surface area contributed by atoms with E-state index in [0.29, 0.717) is 5.88 Å². The van der Waals surface area contributed by atoms with Gasteiger partial charge in [0.25, 0.3) is 0 Å². The summed E-state index contributed by atoms with van der Waals surface area (Å²) in [7, 11) is 0. The third-order valence-corrected chi connectivity index (χ3v) is 2.18. The van der Waals surface area contributed by atoms with Crippen LogP contribution >= 0.6 is 11.6 Å². The molecule has 3 heteroatoms. The summed E-state index contributed by atoms with van der Waals surface area (Å²) < 4.78 is 12.8. The first-order valence-electron chi connectivity index (χ1n) is 4.99. The third-order valence-electron chi connectivity index (χ3n) is 2.00. The van der Waals surface area contributed by atoms with Crippen LogP contribution in [-0.4, -0.2) is 19.0 Å². The first kappa shape index (κ1) is 12.2. The number of hydrogen-bond acceptors (Lipinski definition) is 1. The van der Waals surface area contributed by atoms with E-state index in [-0.39, 0.29) is 5.82 Å². The second-order valence-corrected chi connectivity index (χ2v) is 3.52. The largest absolute Gasteiger partial charge is 0.313 e. The first-order chi connectivity index (χ1) is 7.33. The smallest absolute Gasteiger partial charge is 0.123 e. The Bertz CT molecular complexity index is 312. The van der Waals surface area contributed by atoms with Crippen molar-refractivity contribution in [3.8, 4) is 0 Å². The van der Waals surface area contributed by atoms with Gasteiger partial charge in [-0.3, -0.25) is 0 Å². The maximum absolute atomic E-state index is 12.8. The molecule has 82 valence electrons. The van der Waals surface area contributed by atoms with E-state index in [0.717, 1.165) is 25.1 Å². The summed E-state index contributed by atoms with van der Waals surface area (Å²) in [5.74, 6) is 0.375. The van der Waals surface area contributed by atoms with E-state index in [1.54, 1.807) is 12.1 Å². The normalized spacial score (nSPS) is 11.1. The van der Waals surface area contributed by atoms with Gasteiger partial charge in [-0.25, -0.2) is 4.39 Å². The Morgan fingerprint density at radius 2 is 2.20 bits per heavy atom. The zero-order valence-electron chi connectivity index (χ0n) is 8.55. The lowest BCUT2D eigenvalue weighted by Gasteiger charge is -2.02. The minimum atomic E-state index is -0.172. The molecule has 1 nitrogen and oxygen atoms in total. The molecule has 0 saturated heterocycles. The third kappa shape index (κ3) is 5.55. The van der Waals surface area contributed by atoms with Gasteiger partial charge < -0.3 is 5.32 Å². The molecule has 0 radical (unpaired) electrons. The Labute approximate surface area is 95.0 Å². The molecule has 1 aromatic carbocycles. The lowest BCUT2D eigenvalue weighted by molar-refractivity contribution is 0.624. The lowest BCUT2D eigenvalue weighted by Crippen LogP contribution is -2.17. The summed E-state index contributed by atoms with van der Waals surface area (Å²) in [5.41, 5.74) is 1.02. The van der Waals surface area contributed by atoms with Gasteiger partial charge in [-0.05, 0) is 30.7 Å². The van der Waals surface area contributed by atoms with Crippen molar-refractivity contribution in [2.45, 2.75) is 6.42 Å². The lowest BCUT2D eigenvalue weighted by atomic mass is 10.1. The van der Waals surface area contributed by atoms with Crippen molar-refractivity contribution in [3.63, 3.8) is 0 Å². The Morgan fingerprint density at radius 3 is 2.93 bits per heavy atom. The number of benzene rings is 1. The highest BCUT2D eigenvalue weighted by atomic mass is 35.5. The quantitative estimate of drug-likeness (QED) is 0.448. The molecule has 0 bridgehead atoms. The Balaban J connectivity index is 2.17. The second kappa shape index (κ2) is 7.43. The van der Waals surface area contributed by atoms with Crippen LogP contribution in [0, 0.1) is 5.82 Å². The number of rotatable bonds is 6. The van der Waals surface area contributed by atoms with Crippen LogP contribution in [0.15, 0.2) is 36.4 Å². The van der Waals surface area contributed by atoms with Crippen molar-refractivity contribution in [1.82, 2.24) is 5.32 Å². The number of nitrogens with one attached hydrogen (secondary N) is 1. The van der Waals surface area contributed by atoms with E-state index in [1.807, 2.05) is 18.2 Å². The van der Waals surface area contributed by atoms with Gasteiger partial charge in [0.2, 0.25) is 0 Å². The summed E-state index contributed by atoms with van der Waals surface area (Å²) in [6.45, 7) is 1.65. The average molecular weight is 228 g/mol. The number of hydrogen-bond donors (Lipinski definition) is 1. The Kier molecular flexibility index (Phi) is 6.05. The SMILES string of the molecule is Fc1cccc(CCNC/C=C/CCl)c1. The summed E-state index contributed by atoms with van der Waals surface area (Å²) >= 11 is 5.47. The highest BCUT2D eigenvalue weighted by Gasteiger charge is 1.93. The molecule has 1 N–H and O–H groups in total. The number of alkyl halides is 1. The highest BCUT2D eigenvalue weighted by molar-refractivity contribution is 6.18. The standard InChI is InChI=1S/C12H15ClFN/c13-7-1-2-8-15-9-6-11-4-3-5-12(14)10-11/h1-5,10,15H,6-9H2/b2-1+. The molecule has 15 heavy (non-hydrogen) atoms. The second-order valence-electron chi connectivity index (χ2n) is 3.21. The van der Waals surface area contributed by atoms with Gasteiger partial charge in [-0.15, -0.1) is 11.6 Å². The fraction of sp³-hybridized carbons (Fsp3) is 0.333. The first-order valence-corrected chi connectivity index (χ1v) is 5.52. The van der Waals surface area contributed by atoms with Crippen LogP contribution in [0.3, 0.4) is 0 Å². The van der Waals surface area contributed by atoms with E-state index in [1.165, 1.54) is 6.07 Å². The summed E-state index contributed by atoms with van der Waals surface area (Å²) in [6.07, 6.45) is 4.72. The molecule has 0 aliphatic carbocycles. The molecule has 0 heterocycles. The van der Waals surface area contributed by atoms with Gasteiger partial charge >= 0.3 is 0 Å². The van der Waals surface area contributed by atoms with Crippen molar-refractivity contribution >= 4 is 11.6 Å². The summed E-state index contributed by atoms with van der Waals surface area (Å²) in [4.78, 5) is 0. The van der Waals surface area contributed by atoms with Crippen molar-refractivity contribution in [1.29, 1.82) is 0 Å². The van der Waals surface area contributed by atoms with E-state index in [4.69, 9.17) is 11.6 Å². The molecular formula is C12H15ClFN. The predicted octanol–water partition coefficient (Wildman–Crippen LogP) is 2.75. The molecule has 0 spiro atoms. The zero-order valence-corrected chi connectivity index (χ0v) is 9.30. The molecule has 0 fully saturated rings. The van der Waals surface area contributed by atoms with E-state index >= 15 is 0 Å². The zero-order chi connectivity index (χ0) is 10.9. The molecule has 0 aliphatic rings. The van der Waals surface area contributed by atoms with Gasteiger partial charge in [-0.1, -0.05) is 24.3 Å². The molecular weight excluding hydrogens is 213 g/mol. The Morgan fingerprint density at radius 1 is 1.33 bits per heavy atom. The molecule has 0 amide bonds. The van der Waals surface area contributed by atoms with Gasteiger partial charge in [0.15, 0.2) is 0 Å². The van der Waals surface area contributed by atoms with E-state index in [9.17, 15) is 4.39 Å². The summed E-state index contributed by atoms with van der Waals surface area (Å²) in [5, 5.41) is 3.22. The molecule has 0 unspecified atom stereocenters. The molecule has 1 rings (SSSR count). The van der Waals surface area contributed by atoms with E-state index < -0.39 is 0 Å². The molecule has 0 saturated carbocycles. The minimum absolute atomic E-state index is 0.172. The van der Waals surface area contributed by atoms with Crippen LogP contribution in [0.25, 0.3) is 0 Å². The van der Waals surface area contributed by atoms with Gasteiger partial charge in [-0.2, -0.15) is 0 Å². The summed E-state index contributed by atoms with van der Waals surface area (Å²) in [6, 6.07) is 6.69. The number of halogens is 2. The van der Waals surface area contributed by atoms with Crippen LogP contribution in [0.2, 0.25) is 0 Å².